The van der Waals surface area contributed by atoms with Gasteiger partial charge in [0, 0.05) is 20.5 Å². The van der Waals surface area contributed by atoms with Crippen LogP contribution in [-0.2, 0) is 0 Å². The van der Waals surface area contributed by atoms with Gasteiger partial charge in [0.05, 0.1) is 7.11 Å². The lowest BCUT2D eigenvalue weighted by molar-refractivity contribution is 0.415. The van der Waals surface area contributed by atoms with E-state index in [9.17, 15) is 0 Å². The van der Waals surface area contributed by atoms with Gasteiger partial charge in [-0.15, -0.1) is 11.3 Å². The Morgan fingerprint density at radius 3 is 2.13 bits per heavy atom. The molecular weight excluding hydrogens is 300 g/mol. The summed E-state index contributed by atoms with van der Waals surface area (Å²) >= 11 is 1.85. The SMILES string of the molecule is COc1ccc(-c2c(-c3ccccc3)sc3ccccc23)cc1. The van der Waals surface area contributed by atoms with Gasteiger partial charge in [-0.1, -0.05) is 60.7 Å². The maximum Gasteiger partial charge on any atom is 0.118 e. The second-order valence-corrected chi connectivity index (χ2v) is 6.45. The largest absolute Gasteiger partial charge is 0.497 e. The van der Waals surface area contributed by atoms with Crippen molar-refractivity contribution in [3.63, 3.8) is 0 Å². The van der Waals surface area contributed by atoms with E-state index in [0.717, 1.165) is 5.75 Å². The van der Waals surface area contributed by atoms with Crippen LogP contribution in [0.3, 0.4) is 0 Å². The van der Waals surface area contributed by atoms with E-state index in [1.165, 1.54) is 31.7 Å². The van der Waals surface area contributed by atoms with Gasteiger partial charge in [-0.05, 0) is 29.3 Å². The van der Waals surface area contributed by atoms with E-state index >= 15 is 0 Å². The fourth-order valence-electron chi connectivity index (χ4n) is 2.88. The maximum absolute atomic E-state index is 5.29. The molecule has 0 bridgehead atoms. The summed E-state index contributed by atoms with van der Waals surface area (Å²) < 4.78 is 6.61. The van der Waals surface area contributed by atoms with E-state index < -0.39 is 0 Å². The molecule has 0 atom stereocenters. The summed E-state index contributed by atoms with van der Waals surface area (Å²) in [6, 6.07) is 27.5. The third-order valence-electron chi connectivity index (χ3n) is 4.01. The molecule has 0 amide bonds. The molecule has 0 fully saturated rings. The lowest BCUT2D eigenvalue weighted by Gasteiger charge is -2.07. The van der Waals surface area contributed by atoms with Gasteiger partial charge in [-0.2, -0.15) is 0 Å². The molecule has 0 radical (unpaired) electrons. The Morgan fingerprint density at radius 1 is 0.696 bits per heavy atom. The first-order valence-electron chi connectivity index (χ1n) is 7.58. The van der Waals surface area contributed by atoms with Crippen molar-refractivity contribution >= 4 is 21.4 Å². The van der Waals surface area contributed by atoms with Crippen molar-refractivity contribution in [3.05, 3.63) is 78.9 Å². The molecule has 0 unspecified atom stereocenters. The molecule has 4 aromatic rings. The van der Waals surface area contributed by atoms with Crippen LogP contribution in [0.4, 0.5) is 0 Å². The Kier molecular flexibility index (Phi) is 3.60. The van der Waals surface area contributed by atoms with Crippen molar-refractivity contribution in [2.24, 2.45) is 0 Å². The zero-order valence-electron chi connectivity index (χ0n) is 12.8. The Morgan fingerprint density at radius 2 is 1.39 bits per heavy atom. The molecule has 0 aliphatic carbocycles. The maximum atomic E-state index is 5.29. The number of ether oxygens (including phenoxy) is 1. The molecule has 1 aromatic heterocycles. The van der Waals surface area contributed by atoms with Crippen LogP contribution in [0, 0.1) is 0 Å². The van der Waals surface area contributed by atoms with Crippen LogP contribution in [0.5, 0.6) is 5.75 Å². The van der Waals surface area contributed by atoms with Crippen LogP contribution in [0.2, 0.25) is 0 Å². The molecule has 0 aliphatic rings. The third kappa shape index (κ3) is 2.51. The van der Waals surface area contributed by atoms with Crippen molar-refractivity contribution in [3.8, 4) is 27.3 Å². The molecule has 4 rings (SSSR count). The number of benzene rings is 3. The smallest absolute Gasteiger partial charge is 0.118 e. The molecule has 112 valence electrons. The third-order valence-corrected chi connectivity index (χ3v) is 5.23. The number of thiophene rings is 1. The molecule has 2 heteroatoms. The summed E-state index contributed by atoms with van der Waals surface area (Å²) in [7, 11) is 1.70. The predicted molar refractivity (Wildman–Crippen MR) is 99.2 cm³/mol. The fraction of sp³-hybridized carbons (Fsp3) is 0.0476. The molecule has 1 nitrogen and oxygen atoms in total. The van der Waals surface area contributed by atoms with Crippen molar-refractivity contribution in [2.75, 3.05) is 7.11 Å². The highest BCUT2D eigenvalue weighted by atomic mass is 32.1. The second-order valence-electron chi connectivity index (χ2n) is 5.40. The summed E-state index contributed by atoms with van der Waals surface area (Å²) in [5.74, 6) is 0.884. The lowest BCUT2D eigenvalue weighted by Crippen LogP contribution is -1.84. The molecular formula is C21H16OS. The number of methoxy groups -OCH3 is 1. The van der Waals surface area contributed by atoms with Gasteiger partial charge < -0.3 is 4.74 Å². The summed E-state index contributed by atoms with van der Waals surface area (Å²) in [6.07, 6.45) is 0. The standard InChI is InChI=1S/C21H16OS/c1-22-17-13-11-15(12-14-17)20-18-9-5-6-10-19(18)23-21(20)16-7-3-2-4-8-16/h2-14H,1H3. The van der Waals surface area contributed by atoms with Gasteiger partial charge >= 0.3 is 0 Å². The van der Waals surface area contributed by atoms with Crippen LogP contribution in [-0.4, -0.2) is 7.11 Å². The van der Waals surface area contributed by atoms with Gasteiger partial charge in [0.1, 0.15) is 5.75 Å². The van der Waals surface area contributed by atoms with Crippen LogP contribution < -0.4 is 4.74 Å². The number of hydrogen-bond donors (Lipinski definition) is 0. The van der Waals surface area contributed by atoms with E-state index in [-0.39, 0.29) is 0 Å². The first kappa shape index (κ1) is 14.0. The molecule has 0 N–H and O–H groups in total. The first-order valence-corrected chi connectivity index (χ1v) is 8.40. The van der Waals surface area contributed by atoms with Gasteiger partial charge in [0.25, 0.3) is 0 Å². The Hall–Kier alpha value is -2.58. The quantitative estimate of drug-likeness (QED) is 0.434. The van der Waals surface area contributed by atoms with E-state index in [2.05, 4.69) is 66.7 Å². The van der Waals surface area contributed by atoms with Crippen LogP contribution >= 0.6 is 11.3 Å². The highest BCUT2D eigenvalue weighted by Crippen LogP contribution is 2.44. The minimum atomic E-state index is 0.884. The van der Waals surface area contributed by atoms with Crippen molar-refractivity contribution in [1.82, 2.24) is 0 Å². The Bertz CT molecular complexity index is 937. The average molecular weight is 316 g/mol. The number of fused-ring (bicyclic) bond motifs is 1. The van der Waals surface area contributed by atoms with Gasteiger partial charge in [0.2, 0.25) is 0 Å². The average Bonchev–Trinajstić information content (AvgIpc) is 3.02. The van der Waals surface area contributed by atoms with E-state index in [4.69, 9.17) is 4.74 Å². The molecule has 0 saturated carbocycles. The molecule has 3 aromatic carbocycles. The van der Waals surface area contributed by atoms with Crippen molar-refractivity contribution in [2.45, 2.75) is 0 Å². The zero-order valence-corrected chi connectivity index (χ0v) is 13.6. The molecule has 0 spiro atoms. The highest BCUT2D eigenvalue weighted by Gasteiger charge is 2.15. The molecule has 0 aliphatic heterocycles. The monoisotopic (exact) mass is 316 g/mol. The second kappa shape index (κ2) is 5.90. The summed E-state index contributed by atoms with van der Waals surface area (Å²) in [5, 5.41) is 1.31. The topological polar surface area (TPSA) is 9.23 Å². The number of hydrogen-bond acceptors (Lipinski definition) is 2. The lowest BCUT2D eigenvalue weighted by atomic mass is 9.99. The van der Waals surface area contributed by atoms with Crippen molar-refractivity contribution < 1.29 is 4.74 Å². The highest BCUT2D eigenvalue weighted by molar-refractivity contribution is 7.23. The Labute approximate surface area is 139 Å². The predicted octanol–water partition coefficient (Wildman–Crippen LogP) is 6.24. The Balaban J connectivity index is 1.99. The normalized spacial score (nSPS) is 10.8. The summed E-state index contributed by atoms with van der Waals surface area (Å²) in [5.41, 5.74) is 3.79. The van der Waals surface area contributed by atoms with Gasteiger partial charge in [0.15, 0.2) is 0 Å². The van der Waals surface area contributed by atoms with E-state index in [1.54, 1.807) is 7.11 Å². The molecule has 23 heavy (non-hydrogen) atoms. The van der Waals surface area contributed by atoms with Crippen LogP contribution in [0.15, 0.2) is 78.9 Å². The van der Waals surface area contributed by atoms with Crippen molar-refractivity contribution in [1.29, 1.82) is 0 Å². The fourth-order valence-corrected chi connectivity index (χ4v) is 4.11. The van der Waals surface area contributed by atoms with Crippen LogP contribution in [0.25, 0.3) is 31.7 Å². The van der Waals surface area contributed by atoms with Gasteiger partial charge in [-0.25, -0.2) is 0 Å². The summed E-state index contributed by atoms with van der Waals surface area (Å²) in [4.78, 5) is 1.32. The minimum absolute atomic E-state index is 0.884. The van der Waals surface area contributed by atoms with E-state index in [1.807, 2.05) is 23.5 Å². The molecule has 0 saturated heterocycles. The molecule has 1 heterocycles. The number of rotatable bonds is 3. The zero-order chi connectivity index (χ0) is 15.6. The first-order chi connectivity index (χ1) is 11.4. The summed E-state index contributed by atoms with van der Waals surface area (Å²) in [6.45, 7) is 0. The van der Waals surface area contributed by atoms with Gasteiger partial charge in [-0.3, -0.25) is 0 Å². The van der Waals surface area contributed by atoms with E-state index in [0.29, 0.717) is 0 Å². The van der Waals surface area contributed by atoms with Crippen LogP contribution in [0.1, 0.15) is 0 Å². The minimum Gasteiger partial charge on any atom is -0.497 e.